The smallest absolute Gasteiger partial charge is 0.272 e. The number of aromatic amines is 1. The summed E-state index contributed by atoms with van der Waals surface area (Å²) >= 11 is 0. The van der Waals surface area contributed by atoms with E-state index in [-0.39, 0.29) is 5.91 Å². The number of carbonyl (C=O) groups is 1. The summed E-state index contributed by atoms with van der Waals surface area (Å²) in [5.41, 5.74) is 1.62. The van der Waals surface area contributed by atoms with Crippen LogP contribution < -0.4 is 0 Å². The molecular formula is C22H31N5O. The molecule has 6 nitrogen and oxygen atoms in total. The van der Waals surface area contributed by atoms with Crippen molar-refractivity contribution in [2.24, 2.45) is 5.92 Å². The second-order valence-corrected chi connectivity index (χ2v) is 8.31. The average molecular weight is 382 g/mol. The minimum Gasteiger partial charge on any atom is -0.333 e. The highest BCUT2D eigenvalue weighted by Gasteiger charge is 2.29. The summed E-state index contributed by atoms with van der Waals surface area (Å²) in [5.74, 6) is 0.551. The maximum atomic E-state index is 13.1. The molecule has 1 amide bonds. The summed E-state index contributed by atoms with van der Waals surface area (Å²) in [7, 11) is 0. The van der Waals surface area contributed by atoms with E-state index in [1.54, 1.807) is 18.5 Å². The minimum absolute atomic E-state index is 0.0242. The first-order chi connectivity index (χ1) is 13.8. The fraction of sp³-hybridized carbons (Fsp3) is 0.591. The van der Waals surface area contributed by atoms with Gasteiger partial charge in [0.2, 0.25) is 0 Å². The molecule has 2 aromatic rings. The molecule has 2 aliphatic rings. The van der Waals surface area contributed by atoms with Gasteiger partial charge in [0.15, 0.2) is 0 Å². The number of likely N-dealkylation sites (tertiary alicyclic amines) is 1. The Morgan fingerprint density at radius 3 is 2.79 bits per heavy atom. The van der Waals surface area contributed by atoms with E-state index in [1.807, 2.05) is 23.2 Å². The SMILES string of the molecule is O=C(c1ccn[nH]1)N(Cc1cccnc1)C[C@H]1CCCN(C2CCCCC2)C1. The van der Waals surface area contributed by atoms with E-state index in [1.165, 1.54) is 51.5 Å². The second-order valence-electron chi connectivity index (χ2n) is 8.31. The summed E-state index contributed by atoms with van der Waals surface area (Å²) in [4.78, 5) is 22.0. The molecule has 150 valence electrons. The van der Waals surface area contributed by atoms with Crippen molar-refractivity contribution in [1.82, 2.24) is 25.0 Å². The van der Waals surface area contributed by atoms with Gasteiger partial charge in [-0.15, -0.1) is 0 Å². The van der Waals surface area contributed by atoms with Crippen LogP contribution in [0.2, 0.25) is 0 Å². The van der Waals surface area contributed by atoms with Crippen molar-refractivity contribution >= 4 is 5.91 Å². The Bertz CT molecular complexity index is 727. The molecule has 0 radical (unpaired) electrons. The highest BCUT2D eigenvalue weighted by molar-refractivity contribution is 5.92. The van der Waals surface area contributed by atoms with E-state index in [9.17, 15) is 4.79 Å². The predicted octanol–water partition coefficient (Wildman–Crippen LogP) is 3.49. The Hall–Kier alpha value is -2.21. The van der Waals surface area contributed by atoms with Gasteiger partial charge in [-0.05, 0) is 55.8 Å². The number of piperidine rings is 1. The molecule has 4 rings (SSSR count). The van der Waals surface area contributed by atoms with Crippen LogP contribution in [0.4, 0.5) is 0 Å². The van der Waals surface area contributed by atoms with Crippen LogP contribution in [0.25, 0.3) is 0 Å². The number of hydrogen-bond acceptors (Lipinski definition) is 4. The Morgan fingerprint density at radius 2 is 2.04 bits per heavy atom. The van der Waals surface area contributed by atoms with Crippen molar-refractivity contribution in [3.8, 4) is 0 Å². The third kappa shape index (κ3) is 4.79. The highest BCUT2D eigenvalue weighted by Crippen LogP contribution is 2.28. The number of H-pyrrole nitrogens is 1. The summed E-state index contributed by atoms with van der Waals surface area (Å²) < 4.78 is 0. The molecule has 1 atom stereocenters. The van der Waals surface area contributed by atoms with E-state index in [4.69, 9.17) is 0 Å². The van der Waals surface area contributed by atoms with Crippen LogP contribution in [0.15, 0.2) is 36.8 Å². The van der Waals surface area contributed by atoms with Gasteiger partial charge in [-0.2, -0.15) is 5.10 Å². The van der Waals surface area contributed by atoms with E-state index in [2.05, 4.69) is 20.1 Å². The molecule has 2 aromatic heterocycles. The predicted molar refractivity (Wildman–Crippen MR) is 109 cm³/mol. The van der Waals surface area contributed by atoms with Gasteiger partial charge in [-0.3, -0.25) is 14.9 Å². The summed E-state index contributed by atoms with van der Waals surface area (Å²) in [6, 6.07) is 6.48. The normalized spacial score (nSPS) is 21.5. The van der Waals surface area contributed by atoms with Gasteiger partial charge in [-0.25, -0.2) is 0 Å². The molecule has 1 N–H and O–H groups in total. The Morgan fingerprint density at radius 1 is 1.14 bits per heavy atom. The molecular weight excluding hydrogens is 350 g/mol. The van der Waals surface area contributed by atoms with Gasteiger partial charge >= 0.3 is 0 Å². The van der Waals surface area contributed by atoms with E-state index >= 15 is 0 Å². The van der Waals surface area contributed by atoms with Crippen molar-refractivity contribution in [3.05, 3.63) is 48.0 Å². The highest BCUT2D eigenvalue weighted by atomic mass is 16.2. The van der Waals surface area contributed by atoms with Gasteiger partial charge in [0, 0.05) is 44.3 Å². The lowest BCUT2D eigenvalue weighted by molar-refractivity contribution is 0.0579. The number of hydrogen-bond donors (Lipinski definition) is 1. The van der Waals surface area contributed by atoms with E-state index in [0.29, 0.717) is 18.2 Å². The van der Waals surface area contributed by atoms with Crippen LogP contribution in [0.1, 0.15) is 61.0 Å². The van der Waals surface area contributed by atoms with Crippen molar-refractivity contribution in [3.63, 3.8) is 0 Å². The fourth-order valence-electron chi connectivity index (χ4n) is 4.81. The quantitative estimate of drug-likeness (QED) is 0.832. The Labute approximate surface area is 167 Å². The zero-order chi connectivity index (χ0) is 19.2. The third-order valence-corrected chi connectivity index (χ3v) is 6.23. The average Bonchev–Trinajstić information content (AvgIpc) is 3.29. The minimum atomic E-state index is 0.0242. The van der Waals surface area contributed by atoms with Crippen LogP contribution >= 0.6 is 0 Å². The van der Waals surface area contributed by atoms with E-state index < -0.39 is 0 Å². The molecule has 28 heavy (non-hydrogen) atoms. The fourth-order valence-corrected chi connectivity index (χ4v) is 4.81. The summed E-state index contributed by atoms with van der Waals surface area (Å²) in [5, 5.41) is 6.79. The molecule has 1 saturated heterocycles. The Balaban J connectivity index is 1.44. The standard InChI is InChI=1S/C22H31N5O/c28-22(21-10-12-24-25-21)27(15-18-6-4-11-23-14-18)17-19-7-5-13-26(16-19)20-8-2-1-3-9-20/h4,6,10-12,14,19-20H,1-3,5,7-9,13,15-17H2,(H,24,25)/t19-/m0/s1. The first kappa shape index (κ1) is 19.1. The molecule has 2 fully saturated rings. The van der Waals surface area contributed by atoms with Crippen molar-refractivity contribution in [2.75, 3.05) is 19.6 Å². The van der Waals surface area contributed by atoms with Crippen LogP contribution in [0.5, 0.6) is 0 Å². The lowest BCUT2D eigenvalue weighted by Crippen LogP contribution is -2.47. The molecule has 6 heteroatoms. The number of nitrogens with zero attached hydrogens (tertiary/aromatic N) is 4. The zero-order valence-electron chi connectivity index (χ0n) is 16.6. The lowest BCUT2D eigenvalue weighted by Gasteiger charge is -2.41. The number of amides is 1. The summed E-state index contributed by atoms with van der Waals surface area (Å²) in [6.45, 7) is 3.71. The monoisotopic (exact) mass is 381 g/mol. The number of nitrogens with one attached hydrogen (secondary N) is 1. The largest absolute Gasteiger partial charge is 0.333 e. The second kappa shape index (κ2) is 9.32. The van der Waals surface area contributed by atoms with Gasteiger partial charge in [0.1, 0.15) is 5.69 Å². The molecule has 0 unspecified atom stereocenters. The number of rotatable bonds is 6. The maximum absolute atomic E-state index is 13.1. The maximum Gasteiger partial charge on any atom is 0.272 e. The molecule has 1 aliphatic carbocycles. The number of pyridine rings is 1. The number of carbonyl (C=O) groups excluding carboxylic acids is 1. The first-order valence-corrected chi connectivity index (χ1v) is 10.7. The molecule has 0 spiro atoms. The van der Waals surface area contributed by atoms with Crippen LogP contribution in [0.3, 0.4) is 0 Å². The topological polar surface area (TPSA) is 65.1 Å². The van der Waals surface area contributed by atoms with Gasteiger partial charge < -0.3 is 9.80 Å². The first-order valence-electron chi connectivity index (χ1n) is 10.7. The van der Waals surface area contributed by atoms with Crippen LogP contribution in [-0.2, 0) is 6.54 Å². The van der Waals surface area contributed by atoms with Crippen molar-refractivity contribution in [1.29, 1.82) is 0 Å². The van der Waals surface area contributed by atoms with E-state index in [0.717, 1.165) is 24.7 Å². The van der Waals surface area contributed by atoms with Gasteiger partial charge in [0.25, 0.3) is 5.91 Å². The molecule has 1 saturated carbocycles. The van der Waals surface area contributed by atoms with Crippen LogP contribution in [-0.4, -0.2) is 56.6 Å². The molecule has 0 aromatic carbocycles. The van der Waals surface area contributed by atoms with Gasteiger partial charge in [0.05, 0.1) is 0 Å². The number of aromatic nitrogens is 3. The molecule has 0 bridgehead atoms. The zero-order valence-corrected chi connectivity index (χ0v) is 16.6. The summed E-state index contributed by atoms with van der Waals surface area (Å²) in [6.07, 6.45) is 14.5. The van der Waals surface area contributed by atoms with Crippen molar-refractivity contribution in [2.45, 2.75) is 57.5 Å². The third-order valence-electron chi connectivity index (χ3n) is 6.23. The van der Waals surface area contributed by atoms with Crippen LogP contribution in [0, 0.1) is 5.92 Å². The molecule has 1 aliphatic heterocycles. The van der Waals surface area contributed by atoms with Crippen molar-refractivity contribution < 1.29 is 4.79 Å². The Kier molecular flexibility index (Phi) is 6.37. The van der Waals surface area contributed by atoms with Gasteiger partial charge in [-0.1, -0.05) is 25.3 Å². The lowest BCUT2D eigenvalue weighted by atomic mass is 9.90. The molecule has 3 heterocycles.